The van der Waals surface area contributed by atoms with Crippen molar-refractivity contribution in [2.75, 3.05) is 18.1 Å². The molecule has 2 rings (SSSR count). The number of amides is 1. The number of sulfonamides is 1. The lowest BCUT2D eigenvalue weighted by Crippen LogP contribution is -2.42. The lowest BCUT2D eigenvalue weighted by atomic mass is 10.2. The van der Waals surface area contributed by atoms with E-state index in [1.165, 1.54) is 4.31 Å². The summed E-state index contributed by atoms with van der Waals surface area (Å²) in [4.78, 5) is 12.6. The quantitative estimate of drug-likeness (QED) is 0.856. The maximum atomic E-state index is 12.6. The minimum absolute atomic E-state index is 0.216. The van der Waals surface area contributed by atoms with Crippen LogP contribution < -0.4 is 5.32 Å². The summed E-state index contributed by atoms with van der Waals surface area (Å²) in [5.41, 5.74) is 0.832. The highest BCUT2D eigenvalue weighted by Crippen LogP contribution is 2.25. The fourth-order valence-corrected chi connectivity index (χ4v) is 4.26. The van der Waals surface area contributed by atoms with Gasteiger partial charge in [0.25, 0.3) is 0 Å². The fourth-order valence-electron chi connectivity index (χ4n) is 3.13. The number of aromatic nitrogens is 2. The molecule has 0 spiro atoms. The second kappa shape index (κ2) is 7.00. The number of carbonyl (C=O) groups excluding carboxylic acids is 1. The molecule has 0 radical (unpaired) electrons. The predicted molar refractivity (Wildman–Crippen MR) is 89.8 cm³/mol. The van der Waals surface area contributed by atoms with Gasteiger partial charge in [-0.05, 0) is 32.6 Å². The zero-order chi connectivity index (χ0) is 17.2. The van der Waals surface area contributed by atoms with Crippen LogP contribution in [0.1, 0.15) is 51.3 Å². The Morgan fingerprint density at radius 2 is 2.09 bits per heavy atom. The zero-order valence-electron chi connectivity index (χ0n) is 14.2. The Morgan fingerprint density at radius 3 is 2.65 bits per heavy atom. The molecule has 130 valence electrons. The third kappa shape index (κ3) is 3.92. The van der Waals surface area contributed by atoms with Gasteiger partial charge in [-0.25, -0.2) is 13.1 Å². The number of nitrogens with one attached hydrogen (secondary N) is 1. The average Bonchev–Trinajstić information content (AvgIpc) is 3.07. The van der Waals surface area contributed by atoms with E-state index in [4.69, 9.17) is 0 Å². The first kappa shape index (κ1) is 17.9. The summed E-state index contributed by atoms with van der Waals surface area (Å²) in [6.45, 7) is 6.45. The van der Waals surface area contributed by atoms with Crippen LogP contribution in [-0.2, 0) is 14.8 Å². The monoisotopic (exact) mass is 342 g/mol. The number of hydrogen-bond donors (Lipinski definition) is 1. The molecule has 23 heavy (non-hydrogen) atoms. The van der Waals surface area contributed by atoms with Gasteiger partial charge in [-0.15, -0.1) is 0 Å². The molecule has 1 aromatic heterocycles. The fraction of sp³-hybridized carbons (Fsp3) is 0.733. The lowest BCUT2D eigenvalue weighted by Gasteiger charge is -2.22. The molecule has 0 aliphatic carbocycles. The summed E-state index contributed by atoms with van der Waals surface area (Å²) in [6.07, 6.45) is 4.24. The van der Waals surface area contributed by atoms with Gasteiger partial charge in [-0.3, -0.25) is 4.79 Å². The van der Waals surface area contributed by atoms with Crippen LogP contribution >= 0.6 is 0 Å². The van der Waals surface area contributed by atoms with E-state index in [-0.39, 0.29) is 11.9 Å². The Labute approximate surface area is 138 Å². The minimum atomic E-state index is -3.37. The molecule has 1 atom stereocenters. The standard InChI is InChI=1S/C15H26N4O3S/c1-5-12(6-2)19-14(10-11(3)17-19)16-15(20)13-8-7-9-18(13)23(4,21)22/h10,12-13H,5-9H2,1-4H3,(H,16,20)/t13-/m0/s1. The lowest BCUT2D eigenvalue weighted by molar-refractivity contribution is -0.119. The van der Waals surface area contributed by atoms with Crippen LogP contribution in [0.4, 0.5) is 5.82 Å². The summed E-state index contributed by atoms with van der Waals surface area (Å²) in [6, 6.07) is 1.42. The van der Waals surface area contributed by atoms with Crippen LogP contribution in [0.2, 0.25) is 0 Å². The van der Waals surface area contributed by atoms with Crippen molar-refractivity contribution in [3.05, 3.63) is 11.8 Å². The molecule has 1 saturated heterocycles. The Kier molecular flexibility index (Phi) is 5.46. The second-order valence-corrected chi connectivity index (χ2v) is 8.04. The van der Waals surface area contributed by atoms with E-state index in [9.17, 15) is 13.2 Å². The molecule has 0 bridgehead atoms. The first-order chi connectivity index (χ1) is 10.8. The van der Waals surface area contributed by atoms with Gasteiger partial charge in [0.1, 0.15) is 11.9 Å². The Bertz CT molecular complexity index is 664. The number of nitrogens with zero attached hydrogens (tertiary/aromatic N) is 3. The van der Waals surface area contributed by atoms with Crippen molar-refractivity contribution in [2.45, 2.75) is 58.5 Å². The highest BCUT2D eigenvalue weighted by Gasteiger charge is 2.36. The molecule has 1 fully saturated rings. The number of anilines is 1. The molecule has 1 N–H and O–H groups in total. The van der Waals surface area contributed by atoms with E-state index in [1.807, 2.05) is 17.7 Å². The van der Waals surface area contributed by atoms with E-state index in [0.29, 0.717) is 25.2 Å². The van der Waals surface area contributed by atoms with Gasteiger partial charge in [0, 0.05) is 12.6 Å². The van der Waals surface area contributed by atoms with E-state index in [2.05, 4.69) is 24.3 Å². The topological polar surface area (TPSA) is 84.3 Å². The number of rotatable bonds is 6. The SMILES string of the molecule is CCC(CC)n1nc(C)cc1NC(=O)[C@@H]1CCCN1S(C)(=O)=O. The molecule has 1 aliphatic heterocycles. The minimum Gasteiger partial charge on any atom is -0.309 e. The van der Waals surface area contributed by atoms with E-state index in [1.54, 1.807) is 0 Å². The van der Waals surface area contributed by atoms with Crippen molar-refractivity contribution < 1.29 is 13.2 Å². The molecule has 7 nitrogen and oxygen atoms in total. The second-order valence-electron chi connectivity index (χ2n) is 6.11. The first-order valence-corrected chi connectivity index (χ1v) is 9.96. The van der Waals surface area contributed by atoms with Crippen molar-refractivity contribution in [3.63, 3.8) is 0 Å². The van der Waals surface area contributed by atoms with Crippen LogP contribution in [0.3, 0.4) is 0 Å². The Hall–Kier alpha value is -1.41. The largest absolute Gasteiger partial charge is 0.309 e. The van der Waals surface area contributed by atoms with Crippen LogP contribution in [-0.4, -0.2) is 47.3 Å². The summed E-state index contributed by atoms with van der Waals surface area (Å²) in [5, 5.41) is 7.35. The van der Waals surface area contributed by atoms with Crippen molar-refractivity contribution in [3.8, 4) is 0 Å². The van der Waals surface area contributed by atoms with Gasteiger partial charge in [-0.1, -0.05) is 13.8 Å². The average molecular weight is 342 g/mol. The zero-order valence-corrected chi connectivity index (χ0v) is 15.1. The highest BCUT2D eigenvalue weighted by atomic mass is 32.2. The number of hydrogen-bond acceptors (Lipinski definition) is 4. The van der Waals surface area contributed by atoms with Crippen LogP contribution in [0, 0.1) is 6.92 Å². The first-order valence-electron chi connectivity index (χ1n) is 8.11. The van der Waals surface area contributed by atoms with Crippen LogP contribution in [0.5, 0.6) is 0 Å². The highest BCUT2D eigenvalue weighted by molar-refractivity contribution is 7.88. The smallest absolute Gasteiger partial charge is 0.243 e. The molecule has 0 aromatic carbocycles. The predicted octanol–water partition coefficient (Wildman–Crippen LogP) is 1.92. The van der Waals surface area contributed by atoms with Gasteiger partial charge < -0.3 is 5.32 Å². The molecule has 2 heterocycles. The third-order valence-corrected chi connectivity index (χ3v) is 5.62. The van der Waals surface area contributed by atoms with Crippen molar-refractivity contribution in [2.24, 2.45) is 0 Å². The molecule has 0 unspecified atom stereocenters. The van der Waals surface area contributed by atoms with E-state index in [0.717, 1.165) is 24.8 Å². The summed E-state index contributed by atoms with van der Waals surface area (Å²) >= 11 is 0. The summed E-state index contributed by atoms with van der Waals surface area (Å²) < 4.78 is 26.7. The normalized spacial score (nSPS) is 19.4. The third-order valence-electron chi connectivity index (χ3n) is 4.33. The van der Waals surface area contributed by atoms with Gasteiger partial charge in [0.05, 0.1) is 18.0 Å². The molecule has 0 saturated carbocycles. The molecular formula is C15H26N4O3S. The number of carbonyl (C=O) groups is 1. The maximum absolute atomic E-state index is 12.6. The number of aryl methyl sites for hydroxylation is 1. The van der Waals surface area contributed by atoms with Crippen molar-refractivity contribution in [1.82, 2.24) is 14.1 Å². The summed E-state index contributed by atoms with van der Waals surface area (Å²) in [5.74, 6) is 0.363. The van der Waals surface area contributed by atoms with Gasteiger partial charge in [0.15, 0.2) is 0 Å². The molecule has 8 heteroatoms. The molecular weight excluding hydrogens is 316 g/mol. The Morgan fingerprint density at radius 1 is 1.43 bits per heavy atom. The molecule has 1 aromatic rings. The van der Waals surface area contributed by atoms with Crippen molar-refractivity contribution in [1.29, 1.82) is 0 Å². The van der Waals surface area contributed by atoms with Gasteiger partial charge >= 0.3 is 0 Å². The summed E-state index contributed by atoms with van der Waals surface area (Å²) in [7, 11) is -3.37. The molecule has 1 amide bonds. The molecule has 1 aliphatic rings. The van der Waals surface area contributed by atoms with Crippen LogP contribution in [0.25, 0.3) is 0 Å². The van der Waals surface area contributed by atoms with Gasteiger partial charge in [-0.2, -0.15) is 9.40 Å². The van der Waals surface area contributed by atoms with E-state index >= 15 is 0 Å². The van der Waals surface area contributed by atoms with Gasteiger partial charge in [0.2, 0.25) is 15.9 Å². The van der Waals surface area contributed by atoms with Crippen molar-refractivity contribution >= 4 is 21.7 Å². The Balaban J connectivity index is 2.21. The maximum Gasteiger partial charge on any atom is 0.243 e. The van der Waals surface area contributed by atoms with E-state index < -0.39 is 16.1 Å². The van der Waals surface area contributed by atoms with Crippen LogP contribution in [0.15, 0.2) is 6.07 Å².